The zero-order valence-corrected chi connectivity index (χ0v) is 11.3. The van der Waals surface area contributed by atoms with E-state index >= 15 is 0 Å². The Morgan fingerprint density at radius 1 is 1.47 bits per heavy atom. The number of nitrogens with one attached hydrogen (secondary N) is 2. The van der Waals surface area contributed by atoms with Gasteiger partial charge in [-0.05, 0) is 24.0 Å². The Morgan fingerprint density at radius 2 is 2.21 bits per heavy atom. The molecule has 3 N–H and O–H groups in total. The molecular weight excluding hydrogens is 244 g/mol. The normalized spacial score (nSPS) is 10.3. The van der Waals surface area contributed by atoms with E-state index in [1.54, 1.807) is 23.7 Å². The van der Waals surface area contributed by atoms with E-state index in [9.17, 15) is 4.79 Å². The van der Waals surface area contributed by atoms with E-state index in [4.69, 9.17) is 15.4 Å². The molecule has 5 heteroatoms. The summed E-state index contributed by atoms with van der Waals surface area (Å²) in [6.45, 7) is 4.42. The van der Waals surface area contributed by atoms with Crippen LogP contribution in [-0.2, 0) is 16.0 Å². The second-order valence-corrected chi connectivity index (χ2v) is 4.76. The van der Waals surface area contributed by atoms with Crippen molar-refractivity contribution in [3.05, 3.63) is 35.4 Å². The maximum Gasteiger partial charge on any atom is 0.306 e. The van der Waals surface area contributed by atoms with Gasteiger partial charge in [0, 0.05) is 12.0 Å². The monoisotopic (exact) mass is 264 g/mol. The molecule has 0 unspecified atom stereocenters. The molecule has 1 aromatic carbocycles. The van der Waals surface area contributed by atoms with Crippen LogP contribution in [0.1, 0.15) is 31.4 Å². The highest BCUT2D eigenvalue weighted by molar-refractivity contribution is 5.95. The SMILES string of the molecule is CC(C)COC(=O)CCc1cccc(C(=N)NO)c1. The fraction of sp³-hybridized carbons (Fsp3) is 0.429. The Balaban J connectivity index is 2.49. The van der Waals surface area contributed by atoms with Gasteiger partial charge in [-0.2, -0.15) is 0 Å². The lowest BCUT2D eigenvalue weighted by molar-refractivity contribution is -0.144. The largest absolute Gasteiger partial charge is 0.465 e. The summed E-state index contributed by atoms with van der Waals surface area (Å²) < 4.78 is 5.09. The molecule has 0 amide bonds. The molecule has 0 heterocycles. The first kappa shape index (κ1) is 15.2. The predicted octanol–water partition coefficient (Wildman–Crippen LogP) is 2.12. The predicted molar refractivity (Wildman–Crippen MR) is 72.3 cm³/mol. The molecule has 0 saturated heterocycles. The number of esters is 1. The molecule has 0 saturated carbocycles. The minimum atomic E-state index is -0.213. The first-order chi connectivity index (χ1) is 9.02. The maximum atomic E-state index is 11.5. The number of aryl methyl sites for hydroxylation is 1. The summed E-state index contributed by atoms with van der Waals surface area (Å²) in [5, 5.41) is 16.1. The molecule has 0 aliphatic rings. The molecule has 104 valence electrons. The number of carbonyl (C=O) groups is 1. The van der Waals surface area contributed by atoms with Crippen molar-refractivity contribution in [2.24, 2.45) is 5.92 Å². The van der Waals surface area contributed by atoms with E-state index in [-0.39, 0.29) is 11.8 Å². The molecule has 0 aliphatic heterocycles. The lowest BCUT2D eigenvalue weighted by Gasteiger charge is -2.08. The average Bonchev–Trinajstić information content (AvgIpc) is 2.42. The van der Waals surface area contributed by atoms with Gasteiger partial charge in [-0.25, -0.2) is 0 Å². The van der Waals surface area contributed by atoms with Crippen molar-refractivity contribution >= 4 is 11.8 Å². The molecule has 0 fully saturated rings. The van der Waals surface area contributed by atoms with Crippen LogP contribution in [-0.4, -0.2) is 23.6 Å². The number of hydrogen-bond donors (Lipinski definition) is 3. The molecule has 0 atom stereocenters. The first-order valence-electron chi connectivity index (χ1n) is 6.26. The van der Waals surface area contributed by atoms with Gasteiger partial charge in [0.25, 0.3) is 0 Å². The Bertz CT molecular complexity index is 444. The Hall–Kier alpha value is -1.88. The van der Waals surface area contributed by atoms with Crippen molar-refractivity contribution in [1.82, 2.24) is 5.48 Å². The molecule has 0 bridgehead atoms. The third-order valence-electron chi connectivity index (χ3n) is 2.52. The van der Waals surface area contributed by atoms with E-state index in [1.807, 2.05) is 19.9 Å². The number of ether oxygens (including phenoxy) is 1. The molecule has 0 radical (unpaired) electrons. The third-order valence-corrected chi connectivity index (χ3v) is 2.52. The van der Waals surface area contributed by atoms with Crippen LogP contribution in [0.25, 0.3) is 0 Å². The quantitative estimate of drug-likeness (QED) is 0.318. The van der Waals surface area contributed by atoms with Gasteiger partial charge in [0.2, 0.25) is 0 Å². The van der Waals surface area contributed by atoms with Gasteiger partial charge in [-0.15, -0.1) is 0 Å². The Morgan fingerprint density at radius 3 is 2.84 bits per heavy atom. The van der Waals surface area contributed by atoms with Crippen LogP contribution in [0.2, 0.25) is 0 Å². The maximum absolute atomic E-state index is 11.5. The summed E-state index contributed by atoms with van der Waals surface area (Å²) in [6.07, 6.45) is 0.875. The lowest BCUT2D eigenvalue weighted by Crippen LogP contribution is -2.18. The number of hydrogen-bond acceptors (Lipinski definition) is 4. The summed E-state index contributed by atoms with van der Waals surface area (Å²) in [6, 6.07) is 7.15. The van der Waals surface area contributed by atoms with Crippen molar-refractivity contribution in [2.45, 2.75) is 26.7 Å². The van der Waals surface area contributed by atoms with E-state index < -0.39 is 0 Å². The summed E-state index contributed by atoms with van der Waals surface area (Å²) in [5.74, 6) is 0.0575. The number of benzene rings is 1. The van der Waals surface area contributed by atoms with Gasteiger partial charge in [0.15, 0.2) is 0 Å². The zero-order chi connectivity index (χ0) is 14.3. The minimum Gasteiger partial charge on any atom is -0.465 e. The fourth-order valence-corrected chi connectivity index (χ4v) is 1.53. The van der Waals surface area contributed by atoms with Crippen molar-refractivity contribution in [3.8, 4) is 0 Å². The van der Waals surface area contributed by atoms with Gasteiger partial charge >= 0.3 is 5.97 Å². The van der Waals surface area contributed by atoms with Gasteiger partial charge in [-0.3, -0.25) is 20.9 Å². The molecule has 0 aliphatic carbocycles. The fourth-order valence-electron chi connectivity index (χ4n) is 1.53. The number of carbonyl (C=O) groups excluding carboxylic acids is 1. The second kappa shape index (κ2) is 7.53. The first-order valence-corrected chi connectivity index (χ1v) is 6.26. The van der Waals surface area contributed by atoms with E-state index in [1.165, 1.54) is 0 Å². The van der Waals surface area contributed by atoms with Crippen molar-refractivity contribution < 1.29 is 14.7 Å². The number of amidine groups is 1. The molecule has 1 aromatic rings. The third kappa shape index (κ3) is 5.52. The summed E-state index contributed by atoms with van der Waals surface area (Å²) >= 11 is 0. The molecular formula is C14H20N2O3. The van der Waals surface area contributed by atoms with E-state index in [0.29, 0.717) is 30.9 Å². The minimum absolute atomic E-state index is 0.0655. The highest BCUT2D eigenvalue weighted by atomic mass is 16.5. The topological polar surface area (TPSA) is 82.4 Å². The molecule has 0 aromatic heterocycles. The molecule has 1 rings (SSSR count). The Labute approximate surface area is 113 Å². The average molecular weight is 264 g/mol. The lowest BCUT2D eigenvalue weighted by atomic mass is 10.1. The zero-order valence-electron chi connectivity index (χ0n) is 11.3. The summed E-state index contributed by atoms with van der Waals surface area (Å²) in [5.41, 5.74) is 3.31. The second-order valence-electron chi connectivity index (χ2n) is 4.76. The van der Waals surface area contributed by atoms with E-state index in [2.05, 4.69) is 0 Å². The van der Waals surface area contributed by atoms with Crippen molar-refractivity contribution in [3.63, 3.8) is 0 Å². The van der Waals surface area contributed by atoms with Crippen molar-refractivity contribution in [2.75, 3.05) is 6.61 Å². The van der Waals surface area contributed by atoms with Crippen LogP contribution in [0.15, 0.2) is 24.3 Å². The van der Waals surface area contributed by atoms with Gasteiger partial charge in [0.05, 0.1) is 6.61 Å². The molecule has 19 heavy (non-hydrogen) atoms. The van der Waals surface area contributed by atoms with E-state index in [0.717, 1.165) is 5.56 Å². The molecule has 0 spiro atoms. The van der Waals surface area contributed by atoms with Crippen LogP contribution >= 0.6 is 0 Å². The van der Waals surface area contributed by atoms with Crippen LogP contribution < -0.4 is 5.48 Å². The van der Waals surface area contributed by atoms with Gasteiger partial charge in [-0.1, -0.05) is 32.0 Å². The van der Waals surface area contributed by atoms with Crippen LogP contribution in [0.4, 0.5) is 0 Å². The summed E-state index contributed by atoms with van der Waals surface area (Å²) in [4.78, 5) is 11.5. The highest BCUT2D eigenvalue weighted by Gasteiger charge is 2.06. The van der Waals surface area contributed by atoms with Gasteiger partial charge in [0.1, 0.15) is 5.84 Å². The van der Waals surface area contributed by atoms with Crippen LogP contribution in [0.3, 0.4) is 0 Å². The highest BCUT2D eigenvalue weighted by Crippen LogP contribution is 2.08. The number of hydroxylamine groups is 1. The molecule has 5 nitrogen and oxygen atoms in total. The standard InChI is InChI=1S/C14H20N2O3/c1-10(2)9-19-13(17)7-6-11-4-3-5-12(8-11)14(15)16-18/h3-5,8,10,18H,6-7,9H2,1-2H3,(H2,15,16). The van der Waals surface area contributed by atoms with Crippen LogP contribution in [0.5, 0.6) is 0 Å². The smallest absolute Gasteiger partial charge is 0.306 e. The van der Waals surface area contributed by atoms with Crippen molar-refractivity contribution in [1.29, 1.82) is 5.41 Å². The Kier molecular flexibility index (Phi) is 6.02. The van der Waals surface area contributed by atoms with Crippen LogP contribution in [0, 0.1) is 11.3 Å². The summed E-state index contributed by atoms with van der Waals surface area (Å²) in [7, 11) is 0. The van der Waals surface area contributed by atoms with Gasteiger partial charge < -0.3 is 4.74 Å². The number of rotatable bonds is 6.